The Morgan fingerprint density at radius 1 is 0.759 bits per heavy atom. The summed E-state index contributed by atoms with van der Waals surface area (Å²) in [4.78, 5) is 0. The summed E-state index contributed by atoms with van der Waals surface area (Å²) in [5.41, 5.74) is 4.21. The van der Waals surface area contributed by atoms with Crippen molar-refractivity contribution in [1.82, 2.24) is 0 Å². The number of ether oxygens (including phenoxy) is 1. The van der Waals surface area contributed by atoms with Crippen LogP contribution in [0.25, 0.3) is 0 Å². The molecule has 0 saturated heterocycles. The minimum atomic E-state index is 0.366. The van der Waals surface area contributed by atoms with Gasteiger partial charge in [-0.05, 0) is 56.6 Å². The Morgan fingerprint density at radius 2 is 1.31 bits per heavy atom. The van der Waals surface area contributed by atoms with Gasteiger partial charge in [-0.3, -0.25) is 0 Å². The molecular weight excluding hydrogens is 352 g/mol. The van der Waals surface area contributed by atoms with Crippen LogP contribution in [0, 0.1) is 12.8 Å². The molecule has 0 bridgehead atoms. The molecule has 164 valence electrons. The summed E-state index contributed by atoms with van der Waals surface area (Å²) in [6.45, 7) is 13.2. The van der Waals surface area contributed by atoms with Gasteiger partial charge in [-0.2, -0.15) is 0 Å². The molecule has 1 atom stereocenters. The van der Waals surface area contributed by atoms with Crippen LogP contribution in [0.1, 0.15) is 83.4 Å². The number of hydrogen-bond acceptors (Lipinski definition) is 1. The molecule has 2 aromatic carbocycles. The van der Waals surface area contributed by atoms with Crippen LogP contribution in [-0.2, 0) is 17.6 Å². The van der Waals surface area contributed by atoms with Crippen LogP contribution in [0.15, 0.2) is 54.6 Å². The highest BCUT2D eigenvalue weighted by atomic mass is 16.5. The van der Waals surface area contributed by atoms with Gasteiger partial charge in [-0.15, -0.1) is 0 Å². The molecule has 2 aromatic rings. The lowest BCUT2D eigenvalue weighted by Gasteiger charge is -2.08. The second kappa shape index (κ2) is 18.4. The Morgan fingerprint density at radius 3 is 1.76 bits per heavy atom. The summed E-state index contributed by atoms with van der Waals surface area (Å²) >= 11 is 0. The molecule has 1 heteroatoms. The van der Waals surface area contributed by atoms with Gasteiger partial charge in [0.1, 0.15) is 0 Å². The predicted octanol–water partition coefficient (Wildman–Crippen LogP) is 8.43. The van der Waals surface area contributed by atoms with Crippen molar-refractivity contribution in [2.24, 2.45) is 5.92 Å². The van der Waals surface area contributed by atoms with E-state index in [2.05, 4.69) is 90.1 Å². The SMILES string of the molecule is CCC(C)CC.CCCCc1ccc(C)cc1.COC(C)CCc1ccccc1. The van der Waals surface area contributed by atoms with Gasteiger partial charge in [0.25, 0.3) is 0 Å². The molecule has 0 spiro atoms. The molecule has 0 aliphatic heterocycles. The van der Waals surface area contributed by atoms with E-state index in [0.717, 1.165) is 18.8 Å². The first-order valence-corrected chi connectivity index (χ1v) is 11.6. The van der Waals surface area contributed by atoms with E-state index in [1.165, 1.54) is 48.8 Å². The Bertz CT molecular complexity index is 569. The van der Waals surface area contributed by atoms with Crippen LogP contribution in [0.4, 0.5) is 0 Å². The molecule has 0 saturated carbocycles. The molecule has 0 aliphatic carbocycles. The molecule has 2 rings (SSSR count). The van der Waals surface area contributed by atoms with E-state index in [0.29, 0.717) is 6.10 Å². The number of unbranched alkanes of at least 4 members (excludes halogenated alkanes) is 1. The van der Waals surface area contributed by atoms with Crippen molar-refractivity contribution < 1.29 is 4.74 Å². The van der Waals surface area contributed by atoms with E-state index in [-0.39, 0.29) is 0 Å². The summed E-state index contributed by atoms with van der Waals surface area (Å²) in [6, 6.07) is 19.3. The zero-order valence-corrected chi connectivity index (χ0v) is 20.2. The molecule has 0 N–H and O–H groups in total. The van der Waals surface area contributed by atoms with Crippen LogP contribution < -0.4 is 0 Å². The minimum Gasteiger partial charge on any atom is -0.382 e. The van der Waals surface area contributed by atoms with E-state index in [4.69, 9.17) is 4.74 Å². The van der Waals surface area contributed by atoms with Crippen molar-refractivity contribution in [1.29, 1.82) is 0 Å². The van der Waals surface area contributed by atoms with Crippen molar-refractivity contribution >= 4 is 0 Å². The third-order valence-electron chi connectivity index (χ3n) is 5.42. The summed E-state index contributed by atoms with van der Waals surface area (Å²) in [6.07, 6.45) is 9.06. The lowest BCUT2D eigenvalue weighted by molar-refractivity contribution is 0.111. The fourth-order valence-electron chi connectivity index (χ4n) is 2.56. The summed E-state index contributed by atoms with van der Waals surface area (Å²) in [5.74, 6) is 0.935. The monoisotopic (exact) mass is 398 g/mol. The van der Waals surface area contributed by atoms with Crippen LogP contribution in [-0.4, -0.2) is 13.2 Å². The topological polar surface area (TPSA) is 9.23 Å². The van der Waals surface area contributed by atoms with Crippen LogP contribution in [0.5, 0.6) is 0 Å². The average molecular weight is 399 g/mol. The van der Waals surface area contributed by atoms with Crippen molar-refractivity contribution in [3.05, 3.63) is 71.3 Å². The Kier molecular flexibility index (Phi) is 17.4. The quantitative estimate of drug-likeness (QED) is 0.412. The van der Waals surface area contributed by atoms with Gasteiger partial charge >= 0.3 is 0 Å². The van der Waals surface area contributed by atoms with E-state index in [1.807, 2.05) is 6.07 Å². The van der Waals surface area contributed by atoms with Crippen LogP contribution >= 0.6 is 0 Å². The Hall–Kier alpha value is -1.60. The van der Waals surface area contributed by atoms with Gasteiger partial charge in [0.2, 0.25) is 0 Å². The normalized spacial score (nSPS) is 11.2. The molecule has 0 aliphatic rings. The first-order valence-electron chi connectivity index (χ1n) is 11.6. The zero-order valence-electron chi connectivity index (χ0n) is 20.2. The molecule has 0 amide bonds. The first kappa shape index (κ1) is 27.4. The first-order chi connectivity index (χ1) is 14.0. The predicted molar refractivity (Wildman–Crippen MR) is 131 cm³/mol. The third kappa shape index (κ3) is 15.9. The summed E-state index contributed by atoms with van der Waals surface area (Å²) < 4.78 is 5.17. The van der Waals surface area contributed by atoms with Gasteiger partial charge in [0.15, 0.2) is 0 Å². The van der Waals surface area contributed by atoms with E-state index < -0.39 is 0 Å². The molecular formula is C28H46O. The molecule has 1 nitrogen and oxygen atoms in total. The van der Waals surface area contributed by atoms with E-state index >= 15 is 0 Å². The van der Waals surface area contributed by atoms with Crippen molar-refractivity contribution in [3.63, 3.8) is 0 Å². The second-order valence-electron chi connectivity index (χ2n) is 8.08. The van der Waals surface area contributed by atoms with Gasteiger partial charge < -0.3 is 4.74 Å². The van der Waals surface area contributed by atoms with Crippen molar-refractivity contribution in [2.75, 3.05) is 7.11 Å². The fourth-order valence-corrected chi connectivity index (χ4v) is 2.56. The number of rotatable bonds is 9. The van der Waals surface area contributed by atoms with Gasteiger partial charge in [0, 0.05) is 7.11 Å². The van der Waals surface area contributed by atoms with Gasteiger partial charge in [-0.25, -0.2) is 0 Å². The van der Waals surface area contributed by atoms with Crippen LogP contribution in [0.2, 0.25) is 0 Å². The highest BCUT2D eigenvalue weighted by Crippen LogP contribution is 2.07. The Balaban J connectivity index is 0.000000430. The average Bonchev–Trinajstić information content (AvgIpc) is 2.78. The molecule has 1 unspecified atom stereocenters. The third-order valence-corrected chi connectivity index (χ3v) is 5.42. The minimum absolute atomic E-state index is 0.366. The Labute approximate surface area is 181 Å². The largest absolute Gasteiger partial charge is 0.382 e. The van der Waals surface area contributed by atoms with E-state index in [9.17, 15) is 0 Å². The van der Waals surface area contributed by atoms with Crippen molar-refractivity contribution in [3.8, 4) is 0 Å². The maximum Gasteiger partial charge on any atom is 0.0546 e. The maximum absolute atomic E-state index is 5.17. The molecule has 29 heavy (non-hydrogen) atoms. The molecule has 0 aromatic heterocycles. The number of benzene rings is 2. The second-order valence-corrected chi connectivity index (χ2v) is 8.08. The van der Waals surface area contributed by atoms with Gasteiger partial charge in [-0.1, -0.05) is 107 Å². The number of hydrogen-bond donors (Lipinski definition) is 0. The highest BCUT2D eigenvalue weighted by molar-refractivity contribution is 5.21. The van der Waals surface area contributed by atoms with Gasteiger partial charge in [0.05, 0.1) is 6.10 Å². The maximum atomic E-state index is 5.17. The van der Waals surface area contributed by atoms with Crippen molar-refractivity contribution in [2.45, 2.75) is 92.6 Å². The summed E-state index contributed by atoms with van der Waals surface area (Å²) in [5, 5.41) is 0. The van der Waals surface area contributed by atoms with Crippen LogP contribution in [0.3, 0.4) is 0 Å². The molecule has 0 radical (unpaired) electrons. The fraction of sp³-hybridized carbons (Fsp3) is 0.571. The molecule has 0 heterocycles. The zero-order chi connectivity index (χ0) is 21.9. The lowest BCUT2D eigenvalue weighted by atomic mass is 10.1. The highest BCUT2D eigenvalue weighted by Gasteiger charge is 1.99. The lowest BCUT2D eigenvalue weighted by Crippen LogP contribution is -2.05. The number of aryl methyl sites for hydroxylation is 3. The van der Waals surface area contributed by atoms with E-state index in [1.54, 1.807) is 7.11 Å². The smallest absolute Gasteiger partial charge is 0.0546 e. The molecule has 0 fully saturated rings. The summed E-state index contributed by atoms with van der Waals surface area (Å²) in [7, 11) is 1.76. The number of methoxy groups -OCH3 is 1. The standard InChI is InChI=1S/C11H16O.C11H16.C6H14/c1-10(12-2)8-9-11-6-4-3-5-7-11;1-3-4-5-11-8-6-10(2)7-9-11;1-4-6(3)5-2/h3-7,10H,8-9H2,1-2H3;6-9H,3-5H2,1-2H3;6H,4-5H2,1-3H3.